The van der Waals surface area contributed by atoms with E-state index in [9.17, 15) is 63.9 Å². The minimum atomic E-state index is -1.57. The summed E-state index contributed by atoms with van der Waals surface area (Å²) in [6.45, 7) is 3.27. The smallest absolute Gasteiger partial charge is 0.332 e. The lowest BCUT2D eigenvalue weighted by atomic mass is 9.98. The zero-order valence-corrected chi connectivity index (χ0v) is 33.0. The van der Waals surface area contributed by atoms with E-state index in [-0.39, 0.29) is 69.5 Å². The van der Waals surface area contributed by atoms with Crippen LogP contribution in [0, 0.1) is 0 Å². The van der Waals surface area contributed by atoms with Crippen LogP contribution < -0.4 is 27.0 Å². The van der Waals surface area contributed by atoms with Crippen molar-refractivity contribution in [2.75, 3.05) is 26.2 Å². The van der Waals surface area contributed by atoms with Gasteiger partial charge in [0.25, 0.3) is 5.91 Å². The maximum absolute atomic E-state index is 14.0. The normalized spacial score (nSPS) is 16.6. The molecule has 24 heteroatoms. The van der Waals surface area contributed by atoms with Gasteiger partial charge in [0, 0.05) is 40.4 Å². The Hall–Kier alpha value is -5.95. The number of amides is 8. The molecule has 1 fully saturated rings. The molecule has 1 aromatic rings. The number of benzene rings is 1. The fourth-order valence-corrected chi connectivity index (χ4v) is 5.58. The van der Waals surface area contributed by atoms with Crippen LogP contribution in [-0.2, 0) is 48.0 Å². The van der Waals surface area contributed by atoms with E-state index in [4.69, 9.17) is 15.7 Å². The molecular weight excluding hydrogens is 786 g/mol. The van der Waals surface area contributed by atoms with Gasteiger partial charge in [-0.05, 0) is 63.1 Å². The number of β-lactam (4-membered cyclic amide) rings is 1. The summed E-state index contributed by atoms with van der Waals surface area (Å²) >= 11 is 0. The fraction of sp³-hybridized carbons (Fsp3) is 0.571. The van der Waals surface area contributed by atoms with E-state index in [1.54, 1.807) is 0 Å². The van der Waals surface area contributed by atoms with Crippen molar-refractivity contribution in [2.24, 2.45) is 5.73 Å². The van der Waals surface area contributed by atoms with Crippen LogP contribution in [-0.4, -0.2) is 156 Å². The number of phenols is 1. The number of nitrogens with one attached hydrogen (secondary N) is 4. The lowest BCUT2D eigenvalue weighted by Crippen LogP contribution is -2.70. The topological polar surface area (TPSA) is 351 Å². The number of carbonyl (C=O) groups is 9. The second-order valence-corrected chi connectivity index (χ2v) is 13.7. The average molecular weight is 840 g/mol. The second kappa shape index (κ2) is 23.5. The Morgan fingerprint density at radius 2 is 1.17 bits per heavy atom. The van der Waals surface area contributed by atoms with Gasteiger partial charge in [0.15, 0.2) is 6.61 Å². The van der Waals surface area contributed by atoms with E-state index >= 15 is 0 Å². The summed E-state index contributed by atoms with van der Waals surface area (Å²) in [7, 11) is 0. The first-order valence-corrected chi connectivity index (χ1v) is 18.5. The van der Waals surface area contributed by atoms with Crippen molar-refractivity contribution in [1.29, 1.82) is 0 Å². The van der Waals surface area contributed by atoms with Gasteiger partial charge < -0.3 is 37.2 Å². The number of nitrogens with zero attached hydrogens (tertiary/aromatic N) is 4. The maximum Gasteiger partial charge on any atom is 0.332 e. The van der Waals surface area contributed by atoms with Gasteiger partial charge in [-0.3, -0.25) is 58.8 Å². The van der Waals surface area contributed by atoms with Crippen LogP contribution in [0.5, 0.6) is 5.75 Å². The van der Waals surface area contributed by atoms with Gasteiger partial charge in [-0.15, -0.1) is 0 Å². The Morgan fingerprint density at radius 1 is 0.729 bits per heavy atom. The van der Waals surface area contributed by atoms with Crippen molar-refractivity contribution in [2.45, 2.75) is 102 Å². The largest absolute Gasteiger partial charge is 0.508 e. The minimum absolute atomic E-state index is 0.0303. The molecule has 328 valence electrons. The quantitative estimate of drug-likeness (QED) is 0.0295. The summed E-state index contributed by atoms with van der Waals surface area (Å²) in [5.74, 6) is -8.08. The molecule has 0 aliphatic carbocycles. The van der Waals surface area contributed by atoms with E-state index in [0.717, 1.165) is 25.8 Å². The predicted octanol–water partition coefficient (Wildman–Crippen LogP) is -2.37. The maximum atomic E-state index is 14.0. The first-order chi connectivity index (χ1) is 27.6. The van der Waals surface area contributed by atoms with E-state index in [1.807, 2.05) is 0 Å². The van der Waals surface area contributed by atoms with E-state index in [1.165, 1.54) is 31.2 Å². The lowest BCUT2D eigenvalue weighted by Gasteiger charge is -2.43. The number of hydrogen-bond donors (Lipinski definition) is 10. The van der Waals surface area contributed by atoms with Crippen molar-refractivity contribution < 1.29 is 73.8 Å². The molecule has 2 rings (SSSR count). The van der Waals surface area contributed by atoms with Crippen LogP contribution in [0.2, 0.25) is 0 Å². The number of nitrogens with two attached hydrogens (primary N) is 1. The Bertz CT molecular complexity index is 1680. The van der Waals surface area contributed by atoms with Crippen LogP contribution in [0.3, 0.4) is 0 Å². The third-order valence-electron chi connectivity index (χ3n) is 9.04. The van der Waals surface area contributed by atoms with Gasteiger partial charge >= 0.3 is 5.97 Å². The zero-order chi connectivity index (χ0) is 44.6. The molecule has 1 aromatic carbocycles. The molecule has 24 nitrogen and oxygen atoms in total. The van der Waals surface area contributed by atoms with Crippen molar-refractivity contribution in [3.63, 3.8) is 0 Å². The number of carboxylic acids is 1. The molecule has 8 amide bonds. The van der Waals surface area contributed by atoms with E-state index in [2.05, 4.69) is 21.3 Å². The number of aliphatic carboxylic acids is 1. The highest BCUT2D eigenvalue weighted by Crippen LogP contribution is 2.23. The minimum Gasteiger partial charge on any atom is -0.508 e. The molecule has 0 radical (unpaired) electrons. The molecular formula is C35H53N9O15. The molecule has 0 saturated carbocycles. The van der Waals surface area contributed by atoms with Gasteiger partial charge in [-0.25, -0.2) is 25.0 Å². The molecule has 1 heterocycles. The number of aromatic hydroxyl groups is 1. The van der Waals surface area contributed by atoms with E-state index in [0.29, 0.717) is 15.2 Å². The number of hydrogen-bond acceptors (Lipinski definition) is 15. The molecule has 59 heavy (non-hydrogen) atoms. The summed E-state index contributed by atoms with van der Waals surface area (Å²) in [5, 5.41) is 60.1. The van der Waals surface area contributed by atoms with Crippen LogP contribution in [0.25, 0.3) is 0 Å². The number of carboxylic acid groups (broad SMARTS) is 1. The molecule has 1 saturated heterocycles. The number of hydroxylamine groups is 8. The summed E-state index contributed by atoms with van der Waals surface area (Å²) in [6, 6.07) is -2.74. The molecule has 11 N–H and O–H groups in total. The number of carbonyl (C=O) groups excluding carboxylic acids is 8. The highest BCUT2D eigenvalue weighted by molar-refractivity contribution is 5.97. The standard InChI is InChI=1S/C35H53N9O15/c1-19-29(35(55)44(19)59-18-28(49)50)39-34(54)30(23-11-13-24(48)14-12-23)40-33(53)27(10-7-17-43(58)22(4)47)38-32(52)26(9-6-16-42(57)21(3)46)37-31(51)25(36)8-5-15-41(56)20(2)45/h11-14,19,25-27,29-30,48,56-58H,5-10,15-18,36H2,1-4H3,(H,37,51)(H,38,52)(H,39,54)(H,40,53)(H,49,50)/t19-,25-,26-,27-,29-,30+/m0/s1. The Balaban J connectivity index is 2.37. The number of rotatable bonds is 24. The summed E-state index contributed by atoms with van der Waals surface area (Å²) in [5.41, 5.74) is 6.12. The van der Waals surface area contributed by atoms with Crippen molar-refractivity contribution in [3.05, 3.63) is 29.8 Å². The monoisotopic (exact) mass is 839 g/mol. The highest BCUT2D eigenvalue weighted by Gasteiger charge is 2.48. The molecule has 1 aliphatic rings. The fourth-order valence-electron chi connectivity index (χ4n) is 5.58. The van der Waals surface area contributed by atoms with Crippen LogP contribution >= 0.6 is 0 Å². The van der Waals surface area contributed by atoms with Crippen LogP contribution in [0.1, 0.15) is 77.8 Å². The summed E-state index contributed by atoms with van der Waals surface area (Å²) in [4.78, 5) is 118. The Morgan fingerprint density at radius 3 is 1.61 bits per heavy atom. The summed E-state index contributed by atoms with van der Waals surface area (Å²) in [6.07, 6.45) is -0.528. The highest BCUT2D eigenvalue weighted by atomic mass is 16.7. The molecule has 0 aromatic heterocycles. The van der Waals surface area contributed by atoms with Crippen LogP contribution in [0.15, 0.2) is 24.3 Å². The van der Waals surface area contributed by atoms with Gasteiger partial charge in [0.1, 0.15) is 29.9 Å². The first kappa shape index (κ1) is 49.2. The SMILES string of the molecule is CC(=O)N(O)CCC[C@H](NC(=O)[C@H](CCCN(O)C(C)=O)NC(=O)[C@@H](N)CCCN(O)C(C)=O)C(=O)N[C@@H](C(=O)N[C@@H]1C(=O)N(OCC(=O)O)[C@H]1C)c1ccc(O)cc1. The molecule has 6 atom stereocenters. The van der Waals surface area contributed by atoms with Gasteiger partial charge in [0.2, 0.25) is 41.4 Å². The third kappa shape index (κ3) is 15.7. The molecule has 0 spiro atoms. The van der Waals surface area contributed by atoms with Gasteiger partial charge in [0.05, 0.1) is 12.1 Å². The Labute approximate surface area is 338 Å². The van der Waals surface area contributed by atoms with Gasteiger partial charge in [-0.1, -0.05) is 12.1 Å². The predicted molar refractivity (Wildman–Crippen MR) is 198 cm³/mol. The van der Waals surface area contributed by atoms with Crippen LogP contribution in [0.4, 0.5) is 0 Å². The average Bonchev–Trinajstić information content (AvgIpc) is 3.17. The van der Waals surface area contributed by atoms with Crippen molar-refractivity contribution in [1.82, 2.24) is 41.5 Å². The van der Waals surface area contributed by atoms with Crippen molar-refractivity contribution in [3.8, 4) is 5.75 Å². The molecule has 0 unspecified atom stereocenters. The number of phenolic OH excluding ortho intramolecular Hbond substituents is 1. The summed E-state index contributed by atoms with van der Waals surface area (Å²) < 4.78 is 0. The lowest BCUT2D eigenvalue weighted by molar-refractivity contribution is -0.233. The third-order valence-corrected chi connectivity index (χ3v) is 9.04. The second-order valence-electron chi connectivity index (χ2n) is 13.7. The zero-order valence-electron chi connectivity index (χ0n) is 33.0. The van der Waals surface area contributed by atoms with E-state index < -0.39 is 96.1 Å². The first-order valence-electron chi connectivity index (χ1n) is 18.5. The van der Waals surface area contributed by atoms with Crippen molar-refractivity contribution >= 4 is 53.2 Å². The Kier molecular flexibility index (Phi) is 19.6. The molecule has 0 bridgehead atoms. The van der Waals surface area contributed by atoms with Gasteiger partial charge in [-0.2, -0.15) is 0 Å². The molecule has 1 aliphatic heterocycles.